The highest BCUT2D eigenvalue weighted by molar-refractivity contribution is 7.19. The van der Waals surface area contributed by atoms with Crippen molar-refractivity contribution in [2.24, 2.45) is 0 Å². The summed E-state index contributed by atoms with van der Waals surface area (Å²) in [4.78, 5) is 12.6. The van der Waals surface area contributed by atoms with Crippen molar-refractivity contribution in [3.05, 3.63) is 16.3 Å². The van der Waals surface area contributed by atoms with Gasteiger partial charge in [0.25, 0.3) is 0 Å². The normalized spacial score (nSPS) is 18.9. The van der Waals surface area contributed by atoms with Crippen LogP contribution < -0.4 is 5.32 Å². The van der Waals surface area contributed by atoms with E-state index in [0.717, 1.165) is 18.2 Å². The molecule has 0 unspecified atom stereocenters. The maximum Gasteiger partial charge on any atom is 0.138 e. The first-order valence-corrected chi connectivity index (χ1v) is 8.74. The second-order valence-electron chi connectivity index (χ2n) is 5.98. The summed E-state index contributed by atoms with van der Waals surface area (Å²) in [6.07, 6.45) is 8.95. The van der Waals surface area contributed by atoms with Crippen molar-refractivity contribution in [2.45, 2.75) is 57.8 Å². The minimum atomic E-state index is 0.591. The Labute approximate surface area is 123 Å². The lowest BCUT2D eigenvalue weighted by molar-refractivity contribution is 0.673. The predicted molar refractivity (Wildman–Crippen MR) is 84.8 cm³/mol. The SMILES string of the molecule is CCNc1nc(C2CCCC2)nc2sc3c(c12)CCC3. The van der Waals surface area contributed by atoms with Crippen LogP contribution in [0.4, 0.5) is 5.82 Å². The Kier molecular flexibility index (Phi) is 3.14. The molecular weight excluding hydrogens is 266 g/mol. The fourth-order valence-electron chi connectivity index (χ4n) is 3.67. The zero-order valence-corrected chi connectivity index (χ0v) is 12.9. The van der Waals surface area contributed by atoms with Crippen molar-refractivity contribution < 1.29 is 0 Å². The molecule has 20 heavy (non-hydrogen) atoms. The maximum absolute atomic E-state index is 4.93. The lowest BCUT2D eigenvalue weighted by Crippen LogP contribution is -2.07. The van der Waals surface area contributed by atoms with Gasteiger partial charge in [0.05, 0.1) is 5.39 Å². The second kappa shape index (κ2) is 4.99. The predicted octanol–water partition coefficient (Wildman–Crippen LogP) is 4.27. The molecule has 0 aliphatic heterocycles. The van der Waals surface area contributed by atoms with Gasteiger partial charge in [-0.1, -0.05) is 12.8 Å². The van der Waals surface area contributed by atoms with E-state index in [9.17, 15) is 0 Å². The molecule has 106 valence electrons. The average Bonchev–Trinajstić information content (AvgIpc) is 3.15. The Bertz CT molecular complexity index is 641. The average molecular weight is 287 g/mol. The van der Waals surface area contributed by atoms with Crippen molar-refractivity contribution in [1.82, 2.24) is 9.97 Å². The third kappa shape index (κ3) is 1.93. The zero-order valence-electron chi connectivity index (χ0n) is 12.0. The topological polar surface area (TPSA) is 37.8 Å². The molecule has 2 aliphatic rings. The van der Waals surface area contributed by atoms with Crippen LogP contribution in [0.25, 0.3) is 10.2 Å². The molecule has 0 amide bonds. The number of thiophene rings is 1. The molecule has 2 aromatic rings. The van der Waals surface area contributed by atoms with Gasteiger partial charge < -0.3 is 5.32 Å². The molecule has 1 fully saturated rings. The molecule has 1 N–H and O–H groups in total. The van der Waals surface area contributed by atoms with E-state index < -0.39 is 0 Å². The molecule has 0 aromatic carbocycles. The molecule has 1 saturated carbocycles. The molecule has 4 rings (SSSR count). The summed E-state index contributed by atoms with van der Waals surface area (Å²) in [5.74, 6) is 2.78. The van der Waals surface area contributed by atoms with Crippen LogP contribution in [0.2, 0.25) is 0 Å². The molecule has 2 aromatic heterocycles. The highest BCUT2D eigenvalue weighted by Gasteiger charge is 2.25. The number of nitrogens with zero attached hydrogens (tertiary/aromatic N) is 2. The first-order chi connectivity index (χ1) is 9.86. The summed E-state index contributed by atoms with van der Waals surface area (Å²) in [7, 11) is 0. The van der Waals surface area contributed by atoms with Gasteiger partial charge >= 0.3 is 0 Å². The van der Waals surface area contributed by atoms with Gasteiger partial charge in [-0.2, -0.15) is 0 Å². The highest BCUT2D eigenvalue weighted by Crippen LogP contribution is 2.41. The van der Waals surface area contributed by atoms with Crippen molar-refractivity contribution in [2.75, 3.05) is 11.9 Å². The third-order valence-electron chi connectivity index (χ3n) is 4.65. The summed E-state index contributed by atoms with van der Waals surface area (Å²) in [6, 6.07) is 0. The van der Waals surface area contributed by atoms with Crippen LogP contribution in [-0.2, 0) is 12.8 Å². The standard InChI is InChI=1S/C16H21N3S/c1-2-17-15-13-11-8-5-9-12(11)20-16(13)19-14(18-15)10-6-3-4-7-10/h10H,2-9H2,1H3,(H,17,18,19). The van der Waals surface area contributed by atoms with Crippen LogP contribution in [-0.4, -0.2) is 16.5 Å². The number of aryl methyl sites for hydroxylation is 2. The fourth-order valence-corrected chi connectivity index (χ4v) is 4.94. The molecule has 0 radical (unpaired) electrons. The van der Waals surface area contributed by atoms with Crippen molar-refractivity contribution in [3.63, 3.8) is 0 Å². The van der Waals surface area contributed by atoms with Gasteiger partial charge in [0, 0.05) is 17.3 Å². The van der Waals surface area contributed by atoms with Gasteiger partial charge in [-0.15, -0.1) is 11.3 Å². The molecule has 3 nitrogen and oxygen atoms in total. The lowest BCUT2D eigenvalue weighted by Gasteiger charge is -2.12. The first kappa shape index (κ1) is 12.6. The van der Waals surface area contributed by atoms with Gasteiger partial charge in [0.2, 0.25) is 0 Å². The Morgan fingerprint density at radius 3 is 2.80 bits per heavy atom. The molecular formula is C16H21N3S. The van der Waals surface area contributed by atoms with Crippen LogP contribution in [0, 0.1) is 0 Å². The Morgan fingerprint density at radius 2 is 2.00 bits per heavy atom. The molecule has 4 heteroatoms. The van der Waals surface area contributed by atoms with Crippen LogP contribution in [0.3, 0.4) is 0 Å². The number of fused-ring (bicyclic) bond motifs is 3. The quantitative estimate of drug-likeness (QED) is 0.916. The monoisotopic (exact) mass is 287 g/mol. The molecule has 2 aliphatic carbocycles. The second-order valence-corrected chi connectivity index (χ2v) is 7.06. The summed E-state index contributed by atoms with van der Waals surface area (Å²) < 4.78 is 0. The minimum Gasteiger partial charge on any atom is -0.370 e. The number of rotatable bonds is 3. The minimum absolute atomic E-state index is 0.591. The maximum atomic E-state index is 4.93. The Balaban J connectivity index is 1.87. The summed E-state index contributed by atoms with van der Waals surface area (Å²) in [5.41, 5.74) is 1.53. The largest absolute Gasteiger partial charge is 0.370 e. The van der Waals surface area contributed by atoms with Crippen molar-refractivity contribution >= 4 is 27.4 Å². The lowest BCUT2D eigenvalue weighted by atomic mass is 10.1. The van der Waals surface area contributed by atoms with Crippen LogP contribution in [0.1, 0.15) is 61.2 Å². The van der Waals surface area contributed by atoms with Gasteiger partial charge in [-0.3, -0.25) is 0 Å². The fraction of sp³-hybridized carbons (Fsp3) is 0.625. The molecule has 0 atom stereocenters. The van der Waals surface area contributed by atoms with Gasteiger partial charge in [-0.25, -0.2) is 9.97 Å². The molecule has 0 bridgehead atoms. The molecule has 0 spiro atoms. The molecule has 2 heterocycles. The molecule has 0 saturated heterocycles. The van der Waals surface area contributed by atoms with E-state index in [1.807, 2.05) is 11.3 Å². The van der Waals surface area contributed by atoms with Crippen molar-refractivity contribution in [3.8, 4) is 0 Å². The smallest absolute Gasteiger partial charge is 0.138 e. The van der Waals surface area contributed by atoms with E-state index in [-0.39, 0.29) is 0 Å². The van der Waals surface area contributed by atoms with E-state index in [1.165, 1.54) is 60.7 Å². The van der Waals surface area contributed by atoms with Gasteiger partial charge in [0.15, 0.2) is 0 Å². The zero-order chi connectivity index (χ0) is 13.5. The van der Waals surface area contributed by atoms with E-state index in [1.54, 1.807) is 4.88 Å². The Morgan fingerprint density at radius 1 is 1.15 bits per heavy atom. The number of nitrogens with one attached hydrogen (secondary N) is 1. The summed E-state index contributed by atoms with van der Waals surface area (Å²) in [5, 5.41) is 4.81. The van der Waals surface area contributed by atoms with E-state index >= 15 is 0 Å². The number of aromatic nitrogens is 2. The van der Waals surface area contributed by atoms with E-state index in [4.69, 9.17) is 9.97 Å². The third-order valence-corrected chi connectivity index (χ3v) is 5.83. The summed E-state index contributed by atoms with van der Waals surface area (Å²) >= 11 is 1.91. The number of anilines is 1. The first-order valence-electron chi connectivity index (χ1n) is 7.93. The van der Waals surface area contributed by atoms with Crippen LogP contribution >= 0.6 is 11.3 Å². The number of hydrogen-bond donors (Lipinski definition) is 1. The van der Waals surface area contributed by atoms with E-state index in [2.05, 4.69) is 12.2 Å². The van der Waals surface area contributed by atoms with Gasteiger partial charge in [-0.05, 0) is 44.6 Å². The van der Waals surface area contributed by atoms with Crippen LogP contribution in [0.15, 0.2) is 0 Å². The van der Waals surface area contributed by atoms with Crippen molar-refractivity contribution in [1.29, 1.82) is 0 Å². The Hall–Kier alpha value is -1.16. The number of hydrogen-bond acceptors (Lipinski definition) is 4. The van der Waals surface area contributed by atoms with Crippen LogP contribution in [0.5, 0.6) is 0 Å². The summed E-state index contributed by atoms with van der Waals surface area (Å²) in [6.45, 7) is 3.08. The van der Waals surface area contributed by atoms with Gasteiger partial charge in [0.1, 0.15) is 16.5 Å². The highest BCUT2D eigenvalue weighted by atomic mass is 32.1. The van der Waals surface area contributed by atoms with E-state index in [0.29, 0.717) is 5.92 Å².